The van der Waals surface area contributed by atoms with E-state index in [-0.39, 0.29) is 12.2 Å². The van der Waals surface area contributed by atoms with Gasteiger partial charge in [-0.2, -0.15) is 0 Å². The zero-order valence-corrected chi connectivity index (χ0v) is 13.0. The molecule has 2 aromatic heterocycles. The van der Waals surface area contributed by atoms with E-state index in [4.69, 9.17) is 20.8 Å². The maximum atomic E-state index is 6.38. The Morgan fingerprint density at radius 3 is 2.81 bits per heavy atom. The van der Waals surface area contributed by atoms with Crippen LogP contribution in [0.1, 0.15) is 30.5 Å². The second-order valence-electron chi connectivity index (χ2n) is 5.23. The van der Waals surface area contributed by atoms with Gasteiger partial charge in [0.25, 0.3) is 0 Å². The van der Waals surface area contributed by atoms with Crippen LogP contribution in [0, 0.1) is 13.8 Å². The van der Waals surface area contributed by atoms with Crippen molar-refractivity contribution in [1.29, 1.82) is 0 Å². The van der Waals surface area contributed by atoms with Gasteiger partial charge in [-0.15, -0.1) is 10.2 Å². The summed E-state index contributed by atoms with van der Waals surface area (Å²) in [5.74, 6) is 1.04. The molecule has 0 spiro atoms. The summed E-state index contributed by atoms with van der Waals surface area (Å²) in [7, 11) is 0. The first kappa shape index (κ1) is 14.3. The predicted molar refractivity (Wildman–Crippen MR) is 78.5 cm³/mol. The van der Waals surface area contributed by atoms with Crippen molar-refractivity contribution in [3.63, 3.8) is 0 Å². The van der Waals surface area contributed by atoms with E-state index >= 15 is 0 Å². The largest absolute Gasteiger partial charge is 0.423 e. The van der Waals surface area contributed by atoms with Crippen LogP contribution in [0.4, 0.5) is 5.69 Å². The second-order valence-corrected chi connectivity index (χ2v) is 5.61. The quantitative estimate of drug-likeness (QED) is 0.850. The van der Waals surface area contributed by atoms with Crippen LogP contribution >= 0.6 is 11.6 Å². The number of anilines is 1. The van der Waals surface area contributed by atoms with Gasteiger partial charge >= 0.3 is 0 Å². The third-order valence-corrected chi connectivity index (χ3v) is 3.93. The van der Waals surface area contributed by atoms with Crippen LogP contribution in [0.2, 0.25) is 5.02 Å². The zero-order valence-electron chi connectivity index (χ0n) is 12.2. The number of halogens is 1. The van der Waals surface area contributed by atoms with Crippen LogP contribution in [-0.4, -0.2) is 34.4 Å². The van der Waals surface area contributed by atoms with Gasteiger partial charge in [0.1, 0.15) is 0 Å². The van der Waals surface area contributed by atoms with Crippen LogP contribution in [0.25, 0.3) is 0 Å². The lowest BCUT2D eigenvalue weighted by Crippen LogP contribution is -2.43. The fourth-order valence-electron chi connectivity index (χ4n) is 2.51. The first-order valence-corrected chi connectivity index (χ1v) is 7.24. The Morgan fingerprint density at radius 1 is 1.29 bits per heavy atom. The van der Waals surface area contributed by atoms with Crippen molar-refractivity contribution < 1.29 is 9.15 Å². The molecule has 2 aromatic rings. The molecule has 2 atom stereocenters. The molecule has 0 aliphatic carbocycles. The smallest absolute Gasteiger partial charge is 0.247 e. The Kier molecular flexibility index (Phi) is 3.82. The number of aromatic nitrogens is 3. The number of morpholine rings is 1. The molecule has 0 saturated carbocycles. The summed E-state index contributed by atoms with van der Waals surface area (Å²) in [6.07, 6.45) is 1.56. The van der Waals surface area contributed by atoms with E-state index in [1.54, 1.807) is 13.1 Å². The molecule has 0 radical (unpaired) electrons. The minimum absolute atomic E-state index is 0.0421. The number of pyridine rings is 1. The van der Waals surface area contributed by atoms with E-state index in [9.17, 15) is 0 Å². The Morgan fingerprint density at radius 2 is 2.10 bits per heavy atom. The molecule has 3 rings (SSSR count). The lowest BCUT2D eigenvalue weighted by molar-refractivity contribution is -0.0311. The third kappa shape index (κ3) is 2.87. The summed E-state index contributed by atoms with van der Waals surface area (Å²) in [6, 6.07) is 1.92. The van der Waals surface area contributed by atoms with Gasteiger partial charge in [-0.25, -0.2) is 0 Å². The molecule has 6 nitrogen and oxygen atoms in total. The molecule has 0 bridgehead atoms. The van der Waals surface area contributed by atoms with Gasteiger partial charge in [-0.1, -0.05) is 11.6 Å². The molecule has 0 N–H and O–H groups in total. The van der Waals surface area contributed by atoms with Crippen molar-refractivity contribution in [2.75, 3.05) is 18.0 Å². The number of nitrogens with zero attached hydrogens (tertiary/aromatic N) is 4. The van der Waals surface area contributed by atoms with Crippen molar-refractivity contribution in [3.05, 3.63) is 34.8 Å². The molecule has 1 aliphatic heterocycles. The molecular weight excluding hydrogens is 292 g/mol. The number of hydrogen-bond donors (Lipinski definition) is 0. The van der Waals surface area contributed by atoms with Crippen molar-refractivity contribution in [2.45, 2.75) is 33.0 Å². The highest BCUT2D eigenvalue weighted by molar-refractivity contribution is 6.33. The minimum atomic E-state index is -0.250. The monoisotopic (exact) mass is 308 g/mol. The summed E-state index contributed by atoms with van der Waals surface area (Å²) in [5, 5.41) is 8.60. The molecule has 1 aliphatic rings. The van der Waals surface area contributed by atoms with Crippen molar-refractivity contribution in [2.24, 2.45) is 0 Å². The Labute approximate surface area is 128 Å². The molecule has 0 unspecified atom stereocenters. The van der Waals surface area contributed by atoms with Crippen molar-refractivity contribution in [3.8, 4) is 0 Å². The number of aryl methyl sites for hydroxylation is 2. The van der Waals surface area contributed by atoms with Crippen LogP contribution in [0.3, 0.4) is 0 Å². The highest BCUT2D eigenvalue weighted by Crippen LogP contribution is 2.33. The third-order valence-electron chi connectivity index (χ3n) is 3.46. The molecule has 3 heterocycles. The lowest BCUT2D eigenvalue weighted by Gasteiger charge is -2.37. The normalized spacial score (nSPS) is 22.6. The van der Waals surface area contributed by atoms with Crippen molar-refractivity contribution in [1.82, 2.24) is 15.2 Å². The molecule has 0 aromatic carbocycles. The van der Waals surface area contributed by atoms with E-state index < -0.39 is 0 Å². The average molecular weight is 309 g/mol. The summed E-state index contributed by atoms with van der Waals surface area (Å²) in [6.45, 7) is 7.06. The highest BCUT2D eigenvalue weighted by atomic mass is 35.5. The molecule has 1 fully saturated rings. The first-order valence-electron chi connectivity index (χ1n) is 6.86. The Balaban J connectivity index is 1.88. The molecular formula is C14H17ClN4O2. The Hall–Kier alpha value is -1.66. The van der Waals surface area contributed by atoms with Gasteiger partial charge in [0.2, 0.25) is 11.8 Å². The maximum absolute atomic E-state index is 6.38. The maximum Gasteiger partial charge on any atom is 0.247 e. The minimum Gasteiger partial charge on any atom is -0.423 e. The van der Waals surface area contributed by atoms with Gasteiger partial charge in [-0.3, -0.25) is 4.98 Å². The van der Waals surface area contributed by atoms with Gasteiger partial charge in [0, 0.05) is 19.7 Å². The van der Waals surface area contributed by atoms with E-state index in [0.29, 0.717) is 23.3 Å². The fourth-order valence-corrected chi connectivity index (χ4v) is 2.74. The molecule has 1 saturated heterocycles. The van der Waals surface area contributed by atoms with E-state index in [2.05, 4.69) is 20.1 Å². The standard InChI is InChI=1S/C14H17ClN4O2/c1-8-6-19(11-4-5-16-9(2)13(11)15)7-12(20-8)14-18-17-10(3)21-14/h4-5,8,12H,6-7H2,1-3H3/t8-,12-/m1/s1. The van der Waals surface area contributed by atoms with E-state index in [1.165, 1.54) is 0 Å². The van der Waals surface area contributed by atoms with Crippen LogP contribution in [-0.2, 0) is 4.74 Å². The summed E-state index contributed by atoms with van der Waals surface area (Å²) in [5.41, 5.74) is 1.78. The van der Waals surface area contributed by atoms with Crippen LogP contribution in [0.15, 0.2) is 16.7 Å². The number of rotatable bonds is 2. The predicted octanol–water partition coefficient (Wildman–Crippen LogP) is 2.70. The highest BCUT2D eigenvalue weighted by Gasteiger charge is 2.31. The van der Waals surface area contributed by atoms with Crippen LogP contribution in [0.5, 0.6) is 0 Å². The summed E-state index contributed by atoms with van der Waals surface area (Å²) in [4.78, 5) is 6.38. The molecule has 21 heavy (non-hydrogen) atoms. The van der Waals surface area contributed by atoms with Gasteiger partial charge in [0.05, 0.1) is 29.1 Å². The van der Waals surface area contributed by atoms with Gasteiger partial charge in [0.15, 0.2) is 6.10 Å². The summed E-state index contributed by atoms with van der Waals surface area (Å²) < 4.78 is 11.4. The van der Waals surface area contributed by atoms with Gasteiger partial charge < -0.3 is 14.1 Å². The number of hydrogen-bond acceptors (Lipinski definition) is 6. The van der Waals surface area contributed by atoms with Gasteiger partial charge in [-0.05, 0) is 19.9 Å². The van der Waals surface area contributed by atoms with Crippen molar-refractivity contribution >= 4 is 17.3 Å². The topological polar surface area (TPSA) is 64.3 Å². The average Bonchev–Trinajstić information content (AvgIpc) is 2.88. The summed E-state index contributed by atoms with van der Waals surface area (Å²) >= 11 is 6.38. The molecule has 7 heteroatoms. The van der Waals surface area contributed by atoms with E-state index in [0.717, 1.165) is 17.9 Å². The second kappa shape index (κ2) is 5.61. The molecule has 0 amide bonds. The Bertz CT molecular complexity index is 646. The zero-order chi connectivity index (χ0) is 15.0. The lowest BCUT2D eigenvalue weighted by atomic mass is 10.2. The SMILES string of the molecule is Cc1nnc([C@H]2CN(c3ccnc(C)c3Cl)C[C@@H](C)O2)o1. The molecule has 112 valence electrons. The van der Waals surface area contributed by atoms with E-state index in [1.807, 2.05) is 19.9 Å². The van der Waals surface area contributed by atoms with Crippen LogP contribution < -0.4 is 4.90 Å². The fraction of sp³-hybridized carbons (Fsp3) is 0.500. The number of ether oxygens (including phenoxy) is 1. The first-order chi connectivity index (χ1) is 10.0.